The summed E-state index contributed by atoms with van der Waals surface area (Å²) < 4.78 is 0. The third kappa shape index (κ3) is 3.70. The van der Waals surface area contributed by atoms with Crippen molar-refractivity contribution >= 4 is 11.5 Å². The van der Waals surface area contributed by atoms with Crippen molar-refractivity contribution in [1.29, 1.82) is 0 Å². The van der Waals surface area contributed by atoms with Crippen molar-refractivity contribution in [3.05, 3.63) is 66.4 Å². The highest BCUT2D eigenvalue weighted by Crippen LogP contribution is 2.30. The number of benzene rings is 2. The molecule has 0 aliphatic heterocycles. The Labute approximate surface area is 138 Å². The number of allylic oxidation sites excluding steroid dienone is 1. The van der Waals surface area contributed by atoms with Crippen LogP contribution in [0.5, 0.6) is 0 Å². The minimum absolute atomic E-state index is 0.266. The summed E-state index contributed by atoms with van der Waals surface area (Å²) >= 11 is 0. The number of rotatable bonds is 6. The molecule has 0 unspecified atom stereocenters. The van der Waals surface area contributed by atoms with E-state index < -0.39 is 0 Å². The average Bonchev–Trinajstić information content (AvgIpc) is 2.54. The minimum Gasteiger partial charge on any atom is -0.362 e. The summed E-state index contributed by atoms with van der Waals surface area (Å²) in [5, 5.41) is 3.25. The second-order valence-corrected chi connectivity index (χ2v) is 6.10. The molecule has 0 heterocycles. The van der Waals surface area contributed by atoms with Crippen LogP contribution in [-0.4, -0.2) is 5.78 Å². The quantitative estimate of drug-likeness (QED) is 0.696. The molecular weight excluding hydrogens is 282 g/mol. The Morgan fingerprint density at radius 2 is 1.65 bits per heavy atom. The van der Waals surface area contributed by atoms with Crippen molar-refractivity contribution in [3.63, 3.8) is 0 Å². The molecular formula is C21H23NO. The van der Waals surface area contributed by atoms with Gasteiger partial charge in [0.1, 0.15) is 0 Å². The van der Waals surface area contributed by atoms with Gasteiger partial charge in [-0.15, -0.1) is 0 Å². The van der Waals surface area contributed by atoms with Crippen LogP contribution in [0.4, 0.5) is 5.69 Å². The molecule has 1 saturated carbocycles. The minimum atomic E-state index is 0.266. The Balaban J connectivity index is 1.69. The largest absolute Gasteiger partial charge is 0.362 e. The first kappa shape index (κ1) is 15.5. The summed E-state index contributed by atoms with van der Waals surface area (Å²) in [6.45, 7) is 2.11. The first-order valence-corrected chi connectivity index (χ1v) is 8.44. The Hall–Kier alpha value is -2.35. The molecule has 2 aromatic rings. The monoisotopic (exact) mass is 305 g/mol. The number of ketones is 1. The number of Topliss-reactive ketones (excluding diaryl/α,β-unsaturated/α-hetero) is 1. The van der Waals surface area contributed by atoms with E-state index in [2.05, 4.69) is 42.6 Å². The average molecular weight is 305 g/mol. The molecule has 1 aliphatic rings. The Bertz CT molecular complexity index is 679. The highest BCUT2D eigenvalue weighted by molar-refractivity contribution is 5.98. The van der Waals surface area contributed by atoms with Crippen molar-refractivity contribution in [3.8, 4) is 11.1 Å². The van der Waals surface area contributed by atoms with E-state index in [4.69, 9.17) is 0 Å². The van der Waals surface area contributed by atoms with Gasteiger partial charge in [0.2, 0.25) is 0 Å². The Kier molecular flexibility index (Phi) is 4.92. The normalized spacial score (nSPS) is 14.7. The maximum Gasteiger partial charge on any atom is 0.165 e. The van der Waals surface area contributed by atoms with Crippen molar-refractivity contribution < 1.29 is 4.79 Å². The summed E-state index contributed by atoms with van der Waals surface area (Å²) in [6, 6.07) is 16.4. The molecule has 2 heteroatoms. The summed E-state index contributed by atoms with van der Waals surface area (Å²) in [5.41, 5.74) is 4.24. The molecule has 0 radical (unpaired) electrons. The molecule has 1 aliphatic carbocycles. The summed E-state index contributed by atoms with van der Waals surface area (Å²) in [7, 11) is 0. The van der Waals surface area contributed by atoms with Gasteiger partial charge in [0.25, 0.3) is 0 Å². The van der Waals surface area contributed by atoms with E-state index in [0.717, 1.165) is 41.6 Å². The number of carbonyl (C=O) groups excluding carboxylic acids is 1. The molecule has 0 aromatic heterocycles. The standard InChI is InChI=1S/C21H23NO/c1-2-3-15-22-20-13-11-17(12-14-20)16-7-9-19(10-8-16)21(23)18-5-4-6-18/h3,7-15,18,22H,2,4-6H2,1H3/b15-3-. The lowest BCUT2D eigenvalue weighted by Gasteiger charge is -2.23. The number of hydrogen-bond donors (Lipinski definition) is 1. The Morgan fingerprint density at radius 1 is 1.04 bits per heavy atom. The lowest BCUT2D eigenvalue weighted by Crippen LogP contribution is -2.21. The molecule has 0 spiro atoms. The van der Waals surface area contributed by atoms with Gasteiger partial charge in [-0.05, 0) is 48.7 Å². The number of hydrogen-bond acceptors (Lipinski definition) is 2. The number of nitrogens with one attached hydrogen (secondary N) is 1. The predicted octanol–water partition coefficient (Wildman–Crippen LogP) is 5.67. The van der Waals surface area contributed by atoms with Gasteiger partial charge < -0.3 is 5.32 Å². The van der Waals surface area contributed by atoms with Crippen molar-refractivity contribution in [2.75, 3.05) is 5.32 Å². The lowest BCUT2D eigenvalue weighted by molar-refractivity contribution is 0.0855. The lowest BCUT2D eigenvalue weighted by atomic mass is 9.80. The van der Waals surface area contributed by atoms with Crippen LogP contribution in [-0.2, 0) is 0 Å². The molecule has 2 aromatic carbocycles. The zero-order valence-corrected chi connectivity index (χ0v) is 13.6. The third-order valence-corrected chi connectivity index (χ3v) is 4.47. The molecule has 3 rings (SSSR count). The third-order valence-electron chi connectivity index (χ3n) is 4.47. The van der Waals surface area contributed by atoms with Gasteiger partial charge >= 0.3 is 0 Å². The second-order valence-electron chi connectivity index (χ2n) is 6.10. The van der Waals surface area contributed by atoms with Gasteiger partial charge in [0.05, 0.1) is 0 Å². The number of carbonyl (C=O) groups is 1. The van der Waals surface area contributed by atoms with Crippen LogP contribution in [0.15, 0.2) is 60.8 Å². The molecule has 23 heavy (non-hydrogen) atoms. The van der Waals surface area contributed by atoms with Gasteiger partial charge in [-0.25, -0.2) is 0 Å². The van der Waals surface area contributed by atoms with Crippen LogP contribution in [0, 0.1) is 5.92 Å². The zero-order chi connectivity index (χ0) is 16.1. The van der Waals surface area contributed by atoms with Crippen LogP contribution in [0.2, 0.25) is 0 Å². The molecule has 1 fully saturated rings. The smallest absolute Gasteiger partial charge is 0.165 e. The van der Waals surface area contributed by atoms with Gasteiger partial charge in [0.15, 0.2) is 5.78 Å². The van der Waals surface area contributed by atoms with E-state index in [1.165, 1.54) is 6.42 Å². The second kappa shape index (κ2) is 7.28. The molecule has 0 bridgehead atoms. The van der Waals surface area contributed by atoms with Gasteiger partial charge in [0, 0.05) is 17.2 Å². The van der Waals surface area contributed by atoms with Crippen LogP contribution in [0.3, 0.4) is 0 Å². The number of anilines is 1. The summed E-state index contributed by atoms with van der Waals surface area (Å²) in [4.78, 5) is 12.2. The summed E-state index contributed by atoms with van der Waals surface area (Å²) in [6.07, 6.45) is 8.39. The molecule has 0 saturated heterocycles. The maximum absolute atomic E-state index is 12.2. The fourth-order valence-electron chi connectivity index (χ4n) is 2.76. The molecule has 118 valence electrons. The van der Waals surface area contributed by atoms with Crippen LogP contribution < -0.4 is 5.32 Å². The Morgan fingerprint density at radius 3 is 2.17 bits per heavy atom. The fraction of sp³-hybridized carbons (Fsp3) is 0.286. The molecule has 1 N–H and O–H groups in total. The van der Waals surface area contributed by atoms with Crippen LogP contribution >= 0.6 is 0 Å². The highest BCUT2D eigenvalue weighted by atomic mass is 16.1. The van der Waals surface area contributed by atoms with Gasteiger partial charge in [-0.1, -0.05) is 55.8 Å². The maximum atomic E-state index is 12.2. The van der Waals surface area contributed by atoms with E-state index in [1.54, 1.807) is 0 Å². The predicted molar refractivity (Wildman–Crippen MR) is 96.6 cm³/mol. The van der Waals surface area contributed by atoms with E-state index in [-0.39, 0.29) is 5.92 Å². The van der Waals surface area contributed by atoms with Crippen molar-refractivity contribution in [2.24, 2.45) is 5.92 Å². The van der Waals surface area contributed by atoms with E-state index in [0.29, 0.717) is 5.78 Å². The van der Waals surface area contributed by atoms with Crippen molar-refractivity contribution in [2.45, 2.75) is 32.6 Å². The topological polar surface area (TPSA) is 29.1 Å². The first-order chi connectivity index (χ1) is 11.3. The van der Waals surface area contributed by atoms with Gasteiger partial charge in [-0.3, -0.25) is 4.79 Å². The van der Waals surface area contributed by atoms with Crippen LogP contribution in [0.25, 0.3) is 11.1 Å². The molecule has 0 amide bonds. The molecule has 2 nitrogen and oxygen atoms in total. The SMILES string of the molecule is CC/C=C\Nc1ccc(-c2ccc(C(=O)C3CCC3)cc2)cc1. The summed E-state index contributed by atoms with van der Waals surface area (Å²) in [5.74, 6) is 0.576. The van der Waals surface area contributed by atoms with Gasteiger partial charge in [-0.2, -0.15) is 0 Å². The fourth-order valence-corrected chi connectivity index (χ4v) is 2.76. The zero-order valence-electron chi connectivity index (χ0n) is 13.6. The van der Waals surface area contributed by atoms with Crippen LogP contribution in [0.1, 0.15) is 43.0 Å². The van der Waals surface area contributed by atoms with Crippen molar-refractivity contribution in [1.82, 2.24) is 0 Å². The van der Waals surface area contributed by atoms with E-state index in [1.807, 2.05) is 30.5 Å². The first-order valence-electron chi connectivity index (χ1n) is 8.44. The van der Waals surface area contributed by atoms with E-state index in [9.17, 15) is 4.79 Å². The van der Waals surface area contributed by atoms with E-state index >= 15 is 0 Å². The molecule has 0 atom stereocenters. The highest BCUT2D eigenvalue weighted by Gasteiger charge is 2.25.